The van der Waals surface area contributed by atoms with Crippen molar-refractivity contribution in [3.05, 3.63) is 30.3 Å². The fourth-order valence-corrected chi connectivity index (χ4v) is 1.54. The maximum Gasteiger partial charge on any atom is 0.264 e. The third-order valence-electron chi connectivity index (χ3n) is 2.29. The number of rotatable bonds is 1. The lowest BCUT2D eigenvalue weighted by atomic mass is 10.1. The molecule has 4 nitrogen and oxygen atoms in total. The number of aromatic nitrogens is 2. The molecule has 0 saturated heterocycles. The second kappa shape index (κ2) is 3.63. The molecular formula is C12H14N2O2. The summed E-state index contributed by atoms with van der Waals surface area (Å²) in [5.74, 6) is -0.402. The molecular weight excluding hydrogens is 204 g/mol. The summed E-state index contributed by atoms with van der Waals surface area (Å²) in [6.45, 7) is 5.92. The molecule has 1 aromatic carbocycles. The zero-order valence-corrected chi connectivity index (χ0v) is 9.60. The number of benzene rings is 1. The van der Waals surface area contributed by atoms with Crippen LogP contribution in [0.4, 0.5) is 0 Å². The Labute approximate surface area is 94.1 Å². The highest BCUT2D eigenvalue weighted by Gasteiger charge is 2.31. The Bertz CT molecular complexity index is 483. The summed E-state index contributed by atoms with van der Waals surface area (Å²) >= 11 is 0. The van der Waals surface area contributed by atoms with E-state index in [4.69, 9.17) is 4.52 Å². The number of hydrogen-bond donors (Lipinski definition) is 0. The third-order valence-corrected chi connectivity index (χ3v) is 2.29. The van der Waals surface area contributed by atoms with Gasteiger partial charge in [-0.3, -0.25) is 0 Å². The molecule has 84 valence electrons. The highest BCUT2D eigenvalue weighted by atomic mass is 16.6. The van der Waals surface area contributed by atoms with Gasteiger partial charge in [0.2, 0.25) is 0 Å². The van der Waals surface area contributed by atoms with Crippen LogP contribution in [-0.4, -0.2) is 5.27 Å². The molecule has 0 bridgehead atoms. The maximum atomic E-state index is 11.6. The van der Waals surface area contributed by atoms with Crippen LogP contribution in [0.2, 0.25) is 0 Å². The SMILES string of the molecule is CC(C)(C)[n+]1noc([O-])c1-c1ccccc1. The number of nitrogens with zero attached hydrogens (tertiary/aromatic N) is 2. The molecule has 0 aliphatic carbocycles. The van der Waals surface area contributed by atoms with Gasteiger partial charge < -0.3 is 9.63 Å². The van der Waals surface area contributed by atoms with Gasteiger partial charge in [-0.15, -0.1) is 0 Å². The molecule has 16 heavy (non-hydrogen) atoms. The minimum atomic E-state index is -0.402. The van der Waals surface area contributed by atoms with Crippen LogP contribution in [-0.2, 0) is 5.54 Å². The van der Waals surface area contributed by atoms with Gasteiger partial charge in [-0.2, -0.15) is 0 Å². The minimum absolute atomic E-state index is 0.280. The summed E-state index contributed by atoms with van der Waals surface area (Å²) in [4.78, 5) is 0. The summed E-state index contributed by atoms with van der Waals surface area (Å²) < 4.78 is 6.35. The molecule has 0 unspecified atom stereocenters. The molecule has 0 aliphatic rings. The van der Waals surface area contributed by atoms with Crippen molar-refractivity contribution in [2.75, 3.05) is 0 Å². The molecule has 0 amide bonds. The van der Waals surface area contributed by atoms with Gasteiger partial charge in [0.05, 0.1) is 10.8 Å². The maximum absolute atomic E-state index is 11.6. The van der Waals surface area contributed by atoms with E-state index in [0.29, 0.717) is 5.69 Å². The van der Waals surface area contributed by atoms with Crippen LogP contribution in [0.3, 0.4) is 0 Å². The molecule has 0 spiro atoms. The quantitative estimate of drug-likeness (QED) is 0.681. The van der Waals surface area contributed by atoms with Gasteiger partial charge >= 0.3 is 0 Å². The van der Waals surface area contributed by atoms with Crippen LogP contribution in [0.5, 0.6) is 5.95 Å². The van der Waals surface area contributed by atoms with E-state index >= 15 is 0 Å². The Morgan fingerprint density at radius 1 is 1.19 bits per heavy atom. The van der Waals surface area contributed by atoms with Crippen molar-refractivity contribution in [1.29, 1.82) is 0 Å². The highest BCUT2D eigenvalue weighted by Crippen LogP contribution is 2.24. The fourth-order valence-electron chi connectivity index (χ4n) is 1.54. The van der Waals surface area contributed by atoms with Crippen LogP contribution in [0.15, 0.2) is 34.9 Å². The normalized spacial score (nSPS) is 11.7. The first kappa shape index (κ1) is 10.7. The standard InChI is InChI=1S/C12H14N2O2/c1-12(2,3)14-10(11(15)16-13-14)9-7-5-4-6-8-9/h4-8H,1-3H3. The summed E-state index contributed by atoms with van der Waals surface area (Å²) in [7, 11) is 0. The van der Waals surface area contributed by atoms with Gasteiger partial charge in [-0.25, -0.2) is 0 Å². The van der Waals surface area contributed by atoms with Crippen LogP contribution in [0.25, 0.3) is 11.3 Å². The van der Waals surface area contributed by atoms with Crippen molar-refractivity contribution < 1.29 is 14.3 Å². The van der Waals surface area contributed by atoms with Crippen LogP contribution in [0.1, 0.15) is 20.8 Å². The van der Waals surface area contributed by atoms with Crippen molar-refractivity contribution >= 4 is 0 Å². The Hall–Kier alpha value is -1.84. The van der Waals surface area contributed by atoms with E-state index in [-0.39, 0.29) is 5.54 Å². The Morgan fingerprint density at radius 2 is 1.81 bits per heavy atom. The molecule has 0 aliphatic heterocycles. The van der Waals surface area contributed by atoms with Gasteiger partial charge in [0, 0.05) is 20.8 Å². The lowest BCUT2D eigenvalue weighted by Crippen LogP contribution is -2.53. The molecule has 0 saturated carbocycles. The smallest absolute Gasteiger partial charge is 0.264 e. The topological polar surface area (TPSA) is 53.0 Å². The lowest BCUT2D eigenvalue weighted by Gasteiger charge is -2.10. The van der Waals surface area contributed by atoms with E-state index in [1.54, 1.807) is 4.68 Å². The summed E-state index contributed by atoms with van der Waals surface area (Å²) in [6.07, 6.45) is 0. The van der Waals surface area contributed by atoms with E-state index in [1.807, 2.05) is 51.1 Å². The van der Waals surface area contributed by atoms with Gasteiger partial charge in [-0.05, 0) is 12.1 Å². The van der Waals surface area contributed by atoms with E-state index in [0.717, 1.165) is 5.56 Å². The molecule has 0 fully saturated rings. The number of hydrogen-bond acceptors (Lipinski definition) is 3. The minimum Gasteiger partial charge on any atom is -0.539 e. The van der Waals surface area contributed by atoms with Gasteiger partial charge in [0.25, 0.3) is 5.69 Å². The predicted molar refractivity (Wildman–Crippen MR) is 56.6 cm³/mol. The van der Waals surface area contributed by atoms with E-state index < -0.39 is 5.95 Å². The molecule has 0 radical (unpaired) electrons. The largest absolute Gasteiger partial charge is 0.539 e. The second-order valence-electron chi connectivity index (χ2n) is 4.66. The zero-order chi connectivity index (χ0) is 11.8. The van der Waals surface area contributed by atoms with Crippen molar-refractivity contribution in [3.8, 4) is 17.2 Å². The Balaban J connectivity index is 2.61. The lowest BCUT2D eigenvalue weighted by molar-refractivity contribution is -0.804. The van der Waals surface area contributed by atoms with Crippen molar-refractivity contribution in [3.63, 3.8) is 0 Å². The van der Waals surface area contributed by atoms with Crippen LogP contribution >= 0.6 is 0 Å². The summed E-state index contributed by atoms with van der Waals surface area (Å²) in [5, 5.41) is 15.4. The van der Waals surface area contributed by atoms with Crippen molar-refractivity contribution in [2.45, 2.75) is 26.3 Å². The average molecular weight is 218 g/mol. The summed E-state index contributed by atoms with van der Waals surface area (Å²) in [6, 6.07) is 9.42. The van der Waals surface area contributed by atoms with Crippen LogP contribution < -0.4 is 9.79 Å². The second-order valence-corrected chi connectivity index (χ2v) is 4.66. The van der Waals surface area contributed by atoms with E-state index in [1.165, 1.54) is 0 Å². The van der Waals surface area contributed by atoms with Gasteiger partial charge in [0.15, 0.2) is 11.5 Å². The molecule has 1 heterocycles. The molecule has 0 atom stereocenters. The van der Waals surface area contributed by atoms with Gasteiger partial charge in [-0.1, -0.05) is 22.9 Å². The third kappa shape index (κ3) is 1.78. The molecule has 2 aromatic rings. The highest BCUT2D eigenvalue weighted by molar-refractivity contribution is 5.59. The first-order chi connectivity index (χ1) is 7.50. The fraction of sp³-hybridized carbons (Fsp3) is 0.333. The zero-order valence-electron chi connectivity index (χ0n) is 9.60. The summed E-state index contributed by atoms with van der Waals surface area (Å²) in [5.41, 5.74) is 1.04. The average Bonchev–Trinajstić information content (AvgIpc) is 2.61. The molecule has 0 N–H and O–H groups in total. The predicted octanol–water partition coefficient (Wildman–Crippen LogP) is 1.46. The van der Waals surface area contributed by atoms with E-state index in [9.17, 15) is 5.11 Å². The molecule has 2 rings (SSSR count). The monoisotopic (exact) mass is 218 g/mol. The van der Waals surface area contributed by atoms with Crippen LogP contribution in [0, 0.1) is 0 Å². The molecule has 1 aromatic heterocycles. The Kier molecular flexibility index (Phi) is 2.42. The molecule has 4 heteroatoms. The Morgan fingerprint density at radius 3 is 2.38 bits per heavy atom. The first-order valence-electron chi connectivity index (χ1n) is 5.15. The van der Waals surface area contributed by atoms with E-state index in [2.05, 4.69) is 5.27 Å². The first-order valence-corrected chi connectivity index (χ1v) is 5.15. The van der Waals surface area contributed by atoms with Gasteiger partial charge in [0.1, 0.15) is 0 Å². The van der Waals surface area contributed by atoms with Crippen molar-refractivity contribution in [1.82, 2.24) is 5.27 Å². The van der Waals surface area contributed by atoms with Crippen molar-refractivity contribution in [2.24, 2.45) is 0 Å².